The molecule has 1 aliphatic rings. The van der Waals surface area contributed by atoms with E-state index >= 15 is 0 Å². The third-order valence-electron chi connectivity index (χ3n) is 3.83. The van der Waals surface area contributed by atoms with Crippen LogP contribution in [0.3, 0.4) is 0 Å². The van der Waals surface area contributed by atoms with Crippen LogP contribution in [0.4, 0.5) is 0 Å². The number of nitrogens with one attached hydrogen (secondary N) is 1. The molecule has 1 atom stereocenters. The summed E-state index contributed by atoms with van der Waals surface area (Å²) in [5, 5.41) is 3.80. The predicted octanol–water partition coefficient (Wildman–Crippen LogP) is 2.88. The molecule has 0 saturated carbocycles. The molecule has 0 radical (unpaired) electrons. The van der Waals surface area contributed by atoms with Crippen LogP contribution < -0.4 is 5.32 Å². The SMILES string of the molecule is CC(C)CC(=O)NCC(c1ccc(Cl)cc1)N1CCOCC1. The Morgan fingerprint density at radius 1 is 1.27 bits per heavy atom. The maximum Gasteiger partial charge on any atom is 0.220 e. The van der Waals surface area contributed by atoms with Crippen molar-refractivity contribution in [3.63, 3.8) is 0 Å². The van der Waals surface area contributed by atoms with Crippen LogP contribution in [-0.2, 0) is 9.53 Å². The Kier molecular flexibility index (Phi) is 6.68. The molecule has 1 amide bonds. The number of ether oxygens (including phenoxy) is 1. The number of halogens is 1. The van der Waals surface area contributed by atoms with Gasteiger partial charge in [0.1, 0.15) is 0 Å². The van der Waals surface area contributed by atoms with Gasteiger partial charge in [0.15, 0.2) is 0 Å². The van der Waals surface area contributed by atoms with Gasteiger partial charge in [-0.1, -0.05) is 37.6 Å². The first-order chi connectivity index (χ1) is 10.6. The normalized spacial score (nSPS) is 17.5. The molecule has 0 aliphatic carbocycles. The lowest BCUT2D eigenvalue weighted by atomic mass is 10.0. The summed E-state index contributed by atoms with van der Waals surface area (Å²) in [5.41, 5.74) is 1.18. The fourth-order valence-corrected chi connectivity index (χ4v) is 2.81. The van der Waals surface area contributed by atoms with Gasteiger partial charge in [-0.3, -0.25) is 9.69 Å². The molecule has 4 nitrogen and oxygen atoms in total. The highest BCUT2D eigenvalue weighted by Crippen LogP contribution is 2.23. The summed E-state index contributed by atoms with van der Waals surface area (Å²) in [6, 6.07) is 8.05. The van der Waals surface area contributed by atoms with E-state index in [1.54, 1.807) is 0 Å². The average molecular weight is 325 g/mol. The Morgan fingerprint density at radius 2 is 1.91 bits per heavy atom. The zero-order valence-electron chi connectivity index (χ0n) is 13.3. The number of benzene rings is 1. The third kappa shape index (κ3) is 5.27. The molecule has 1 N–H and O–H groups in total. The van der Waals surface area contributed by atoms with Gasteiger partial charge in [0.2, 0.25) is 5.91 Å². The summed E-state index contributed by atoms with van der Waals surface area (Å²) in [6.45, 7) is 7.97. The second-order valence-corrected chi connectivity index (χ2v) is 6.55. The fourth-order valence-electron chi connectivity index (χ4n) is 2.69. The van der Waals surface area contributed by atoms with Crippen LogP contribution in [0.2, 0.25) is 5.02 Å². The lowest BCUT2D eigenvalue weighted by Crippen LogP contribution is -2.43. The van der Waals surface area contributed by atoms with Gasteiger partial charge < -0.3 is 10.1 Å². The molecule has 1 heterocycles. The number of hydrogen-bond donors (Lipinski definition) is 1. The highest BCUT2D eigenvalue weighted by atomic mass is 35.5. The minimum Gasteiger partial charge on any atom is -0.379 e. The van der Waals surface area contributed by atoms with Gasteiger partial charge in [0.05, 0.1) is 19.3 Å². The van der Waals surface area contributed by atoms with E-state index in [9.17, 15) is 4.79 Å². The van der Waals surface area contributed by atoms with Crippen molar-refractivity contribution in [2.75, 3.05) is 32.8 Å². The summed E-state index contributed by atoms with van der Waals surface area (Å²) < 4.78 is 5.43. The molecule has 122 valence electrons. The van der Waals surface area contributed by atoms with Gasteiger partial charge in [-0.15, -0.1) is 0 Å². The van der Waals surface area contributed by atoms with E-state index in [0.29, 0.717) is 18.9 Å². The van der Waals surface area contributed by atoms with Crippen molar-refractivity contribution in [1.29, 1.82) is 0 Å². The van der Waals surface area contributed by atoms with Crippen molar-refractivity contribution < 1.29 is 9.53 Å². The Bertz CT molecular complexity index is 470. The first-order valence-corrected chi connectivity index (χ1v) is 8.28. The second kappa shape index (κ2) is 8.51. The number of carbonyl (C=O) groups is 1. The second-order valence-electron chi connectivity index (χ2n) is 6.12. The van der Waals surface area contributed by atoms with Crippen LogP contribution in [0.1, 0.15) is 31.9 Å². The van der Waals surface area contributed by atoms with E-state index in [0.717, 1.165) is 31.3 Å². The highest BCUT2D eigenvalue weighted by molar-refractivity contribution is 6.30. The smallest absolute Gasteiger partial charge is 0.220 e. The molecule has 0 spiro atoms. The van der Waals surface area contributed by atoms with Crippen LogP contribution in [0.15, 0.2) is 24.3 Å². The quantitative estimate of drug-likeness (QED) is 0.875. The lowest BCUT2D eigenvalue weighted by molar-refractivity contribution is -0.122. The molecule has 1 fully saturated rings. The zero-order valence-corrected chi connectivity index (χ0v) is 14.1. The summed E-state index contributed by atoms with van der Waals surface area (Å²) in [5.74, 6) is 0.486. The van der Waals surface area contributed by atoms with E-state index < -0.39 is 0 Å². The molecule has 1 unspecified atom stereocenters. The molecule has 5 heteroatoms. The molecule has 0 aromatic heterocycles. The summed E-state index contributed by atoms with van der Waals surface area (Å²) in [7, 11) is 0. The van der Waals surface area contributed by atoms with E-state index in [1.165, 1.54) is 5.56 Å². The van der Waals surface area contributed by atoms with Crippen LogP contribution in [0.25, 0.3) is 0 Å². The van der Waals surface area contributed by atoms with E-state index in [-0.39, 0.29) is 11.9 Å². The molecule has 1 aromatic carbocycles. The maximum absolute atomic E-state index is 12.0. The van der Waals surface area contributed by atoms with E-state index in [2.05, 4.69) is 24.1 Å². The van der Waals surface area contributed by atoms with Crippen LogP contribution in [0, 0.1) is 5.92 Å². The van der Waals surface area contributed by atoms with Gasteiger partial charge in [-0.25, -0.2) is 0 Å². The van der Waals surface area contributed by atoms with Crippen LogP contribution >= 0.6 is 11.6 Å². The predicted molar refractivity (Wildman–Crippen MR) is 89.0 cm³/mol. The minimum atomic E-state index is 0.113. The van der Waals surface area contributed by atoms with Crippen molar-refractivity contribution in [2.24, 2.45) is 5.92 Å². The van der Waals surface area contributed by atoms with Crippen molar-refractivity contribution in [1.82, 2.24) is 10.2 Å². The molecule has 1 saturated heterocycles. The van der Waals surface area contributed by atoms with E-state index in [1.807, 2.05) is 24.3 Å². The molecule has 2 rings (SSSR count). The zero-order chi connectivity index (χ0) is 15.9. The fraction of sp³-hybridized carbons (Fsp3) is 0.588. The summed E-state index contributed by atoms with van der Waals surface area (Å²) in [4.78, 5) is 14.3. The standard InChI is InChI=1S/C17H25ClN2O2/c1-13(2)11-17(21)19-12-16(20-7-9-22-10-8-20)14-3-5-15(18)6-4-14/h3-6,13,16H,7-12H2,1-2H3,(H,19,21). The lowest BCUT2D eigenvalue weighted by Gasteiger charge is -2.35. The van der Waals surface area contributed by atoms with Crippen LogP contribution in [-0.4, -0.2) is 43.7 Å². The monoisotopic (exact) mass is 324 g/mol. The van der Waals surface area contributed by atoms with Crippen molar-refractivity contribution >= 4 is 17.5 Å². The first-order valence-electron chi connectivity index (χ1n) is 7.90. The highest BCUT2D eigenvalue weighted by Gasteiger charge is 2.23. The topological polar surface area (TPSA) is 41.6 Å². The Balaban J connectivity index is 2.04. The van der Waals surface area contributed by atoms with Crippen LogP contribution in [0.5, 0.6) is 0 Å². The minimum absolute atomic E-state index is 0.113. The third-order valence-corrected chi connectivity index (χ3v) is 4.08. The Hall–Kier alpha value is -1.10. The number of nitrogens with zero attached hydrogens (tertiary/aromatic N) is 1. The molecule has 0 bridgehead atoms. The Morgan fingerprint density at radius 3 is 2.50 bits per heavy atom. The van der Waals surface area contributed by atoms with Crippen molar-refractivity contribution in [3.8, 4) is 0 Å². The summed E-state index contributed by atoms with van der Waals surface area (Å²) in [6.07, 6.45) is 0.566. The van der Waals surface area contributed by atoms with E-state index in [4.69, 9.17) is 16.3 Å². The molecular formula is C17H25ClN2O2. The number of carbonyl (C=O) groups excluding carboxylic acids is 1. The number of morpholine rings is 1. The summed E-state index contributed by atoms with van der Waals surface area (Å²) >= 11 is 5.98. The van der Waals surface area contributed by atoms with Gasteiger partial charge in [-0.2, -0.15) is 0 Å². The largest absolute Gasteiger partial charge is 0.379 e. The number of rotatable bonds is 6. The number of amides is 1. The maximum atomic E-state index is 12.0. The van der Waals surface area contributed by atoms with Gasteiger partial charge in [0, 0.05) is 31.1 Å². The van der Waals surface area contributed by atoms with Gasteiger partial charge >= 0.3 is 0 Å². The molecule has 1 aromatic rings. The van der Waals surface area contributed by atoms with Crippen molar-refractivity contribution in [3.05, 3.63) is 34.9 Å². The first kappa shape index (κ1) is 17.3. The average Bonchev–Trinajstić information content (AvgIpc) is 2.49. The van der Waals surface area contributed by atoms with Crippen molar-refractivity contribution in [2.45, 2.75) is 26.3 Å². The molecular weight excluding hydrogens is 300 g/mol. The number of hydrogen-bond acceptors (Lipinski definition) is 3. The van der Waals surface area contributed by atoms with Gasteiger partial charge in [-0.05, 0) is 23.6 Å². The molecule has 1 aliphatic heterocycles. The van der Waals surface area contributed by atoms with Gasteiger partial charge in [0.25, 0.3) is 0 Å². The molecule has 22 heavy (non-hydrogen) atoms. The Labute approximate surface area is 137 Å².